The number of ether oxygens (including phenoxy) is 1. The second-order valence-corrected chi connectivity index (χ2v) is 7.13. The summed E-state index contributed by atoms with van der Waals surface area (Å²) >= 11 is 1.55. The maximum Gasteiger partial charge on any atom is 0.242 e. The molecule has 144 valence electrons. The summed E-state index contributed by atoms with van der Waals surface area (Å²) in [6, 6.07) is 17.0. The zero-order valence-corrected chi connectivity index (χ0v) is 16.8. The molecule has 0 saturated heterocycles. The van der Waals surface area contributed by atoms with Crippen molar-refractivity contribution in [3.8, 4) is 5.75 Å². The van der Waals surface area contributed by atoms with E-state index in [0.717, 1.165) is 17.1 Å². The number of likely N-dealkylation sites (N-methyl/N-ethyl adjacent to an activating group) is 1. The Hall–Kier alpha value is -2.47. The summed E-state index contributed by atoms with van der Waals surface area (Å²) in [4.78, 5) is 26.6. The van der Waals surface area contributed by atoms with Gasteiger partial charge in [-0.2, -0.15) is 0 Å². The Bertz CT molecular complexity index is 752. The number of nitrogens with zero attached hydrogens (tertiary/aromatic N) is 1. The van der Waals surface area contributed by atoms with Crippen LogP contribution in [0.15, 0.2) is 54.6 Å². The van der Waals surface area contributed by atoms with Gasteiger partial charge in [-0.25, -0.2) is 0 Å². The standard InChI is InChI=1S/C21H26N2O3S/c1-16(21(25)22-2)23(13-18-10-7-11-19(12-18)26-3)20(24)15-27-14-17-8-5-4-6-9-17/h4-12,16H,13-15H2,1-3H3,(H,22,25)/t16-/m0/s1. The number of amides is 2. The highest BCUT2D eigenvalue weighted by atomic mass is 32.2. The highest BCUT2D eigenvalue weighted by Gasteiger charge is 2.25. The molecule has 2 aromatic carbocycles. The van der Waals surface area contributed by atoms with E-state index >= 15 is 0 Å². The van der Waals surface area contributed by atoms with Crippen LogP contribution < -0.4 is 10.1 Å². The first-order chi connectivity index (χ1) is 13.0. The summed E-state index contributed by atoms with van der Waals surface area (Å²) in [6.45, 7) is 2.11. The molecule has 5 nitrogen and oxygen atoms in total. The van der Waals surface area contributed by atoms with Gasteiger partial charge in [-0.1, -0.05) is 42.5 Å². The van der Waals surface area contributed by atoms with Crippen LogP contribution in [0.4, 0.5) is 0 Å². The Morgan fingerprint density at radius 1 is 1.11 bits per heavy atom. The fourth-order valence-electron chi connectivity index (χ4n) is 2.67. The van der Waals surface area contributed by atoms with E-state index in [0.29, 0.717) is 12.3 Å². The lowest BCUT2D eigenvalue weighted by molar-refractivity contribution is -0.138. The van der Waals surface area contributed by atoms with Crippen molar-refractivity contribution in [2.24, 2.45) is 0 Å². The third-order valence-corrected chi connectivity index (χ3v) is 5.23. The SMILES string of the molecule is CNC(=O)[C@H](C)N(Cc1cccc(OC)c1)C(=O)CSCc1ccccc1. The van der Waals surface area contributed by atoms with E-state index in [-0.39, 0.29) is 11.8 Å². The number of carbonyl (C=O) groups excluding carboxylic acids is 2. The minimum Gasteiger partial charge on any atom is -0.497 e. The van der Waals surface area contributed by atoms with Crippen LogP contribution in [-0.4, -0.2) is 42.7 Å². The summed E-state index contributed by atoms with van der Waals surface area (Å²) in [7, 11) is 3.19. The number of hydrogen-bond acceptors (Lipinski definition) is 4. The Balaban J connectivity index is 2.06. The molecule has 0 unspecified atom stereocenters. The van der Waals surface area contributed by atoms with Crippen LogP contribution in [0.25, 0.3) is 0 Å². The number of rotatable bonds is 9. The molecule has 2 rings (SSSR count). The molecule has 0 bridgehead atoms. The Kier molecular flexibility index (Phi) is 8.20. The maximum absolute atomic E-state index is 12.8. The number of thioether (sulfide) groups is 1. The summed E-state index contributed by atoms with van der Waals surface area (Å²) in [5.41, 5.74) is 2.10. The Morgan fingerprint density at radius 3 is 2.48 bits per heavy atom. The van der Waals surface area contributed by atoms with Gasteiger partial charge in [0.1, 0.15) is 11.8 Å². The molecule has 0 heterocycles. The van der Waals surface area contributed by atoms with Crippen molar-refractivity contribution in [3.05, 3.63) is 65.7 Å². The molecular weight excluding hydrogens is 360 g/mol. The third kappa shape index (κ3) is 6.32. The normalized spacial score (nSPS) is 11.5. The molecule has 0 radical (unpaired) electrons. The van der Waals surface area contributed by atoms with Crippen LogP contribution in [0.1, 0.15) is 18.1 Å². The molecule has 0 aliphatic rings. The van der Waals surface area contributed by atoms with Gasteiger partial charge in [-0.15, -0.1) is 11.8 Å². The summed E-state index contributed by atoms with van der Waals surface area (Å²) in [6.07, 6.45) is 0. The van der Waals surface area contributed by atoms with Crippen LogP contribution in [0.2, 0.25) is 0 Å². The van der Waals surface area contributed by atoms with Gasteiger partial charge in [-0.05, 0) is 30.2 Å². The Labute approximate surface area is 165 Å². The van der Waals surface area contributed by atoms with Crippen molar-refractivity contribution in [3.63, 3.8) is 0 Å². The molecule has 0 aliphatic heterocycles. The second kappa shape index (κ2) is 10.6. The average Bonchev–Trinajstić information content (AvgIpc) is 2.71. The molecule has 6 heteroatoms. The largest absolute Gasteiger partial charge is 0.497 e. The first kappa shape index (κ1) is 20.8. The zero-order valence-electron chi connectivity index (χ0n) is 16.0. The number of nitrogens with one attached hydrogen (secondary N) is 1. The van der Waals surface area contributed by atoms with Crippen molar-refractivity contribution in [1.29, 1.82) is 0 Å². The molecule has 0 fully saturated rings. The van der Waals surface area contributed by atoms with Gasteiger partial charge in [0.05, 0.1) is 12.9 Å². The van der Waals surface area contributed by atoms with E-state index in [9.17, 15) is 9.59 Å². The quantitative estimate of drug-likeness (QED) is 0.719. The van der Waals surface area contributed by atoms with E-state index < -0.39 is 6.04 Å². The first-order valence-corrected chi connectivity index (χ1v) is 9.96. The minimum atomic E-state index is -0.550. The predicted octanol–water partition coefficient (Wildman–Crippen LogP) is 3.09. The average molecular weight is 387 g/mol. The molecule has 2 aromatic rings. The molecule has 27 heavy (non-hydrogen) atoms. The fraction of sp³-hybridized carbons (Fsp3) is 0.333. The lowest BCUT2D eigenvalue weighted by atomic mass is 10.1. The van der Waals surface area contributed by atoms with E-state index in [4.69, 9.17) is 4.74 Å². The van der Waals surface area contributed by atoms with Gasteiger partial charge in [-0.3, -0.25) is 9.59 Å². The fourth-order valence-corrected chi connectivity index (χ4v) is 3.54. The number of hydrogen-bond donors (Lipinski definition) is 1. The van der Waals surface area contributed by atoms with Gasteiger partial charge in [0.15, 0.2) is 0 Å². The molecule has 0 spiro atoms. The van der Waals surface area contributed by atoms with Crippen molar-refractivity contribution < 1.29 is 14.3 Å². The summed E-state index contributed by atoms with van der Waals surface area (Å²) < 4.78 is 5.25. The number of carbonyl (C=O) groups is 2. The highest BCUT2D eigenvalue weighted by Crippen LogP contribution is 2.18. The molecule has 1 N–H and O–H groups in total. The number of methoxy groups -OCH3 is 1. The molecule has 0 saturated carbocycles. The van der Waals surface area contributed by atoms with Gasteiger partial charge in [0.25, 0.3) is 0 Å². The molecule has 1 atom stereocenters. The van der Waals surface area contributed by atoms with Crippen LogP contribution in [-0.2, 0) is 21.9 Å². The maximum atomic E-state index is 12.8. The topological polar surface area (TPSA) is 58.6 Å². The van der Waals surface area contributed by atoms with E-state index in [1.54, 1.807) is 37.7 Å². The lowest BCUT2D eigenvalue weighted by Crippen LogP contribution is -2.47. The van der Waals surface area contributed by atoms with Crippen molar-refractivity contribution in [1.82, 2.24) is 10.2 Å². The summed E-state index contributed by atoms with van der Waals surface area (Å²) in [5, 5.41) is 2.63. The molecule has 2 amide bonds. The van der Waals surface area contributed by atoms with Gasteiger partial charge >= 0.3 is 0 Å². The first-order valence-electron chi connectivity index (χ1n) is 8.80. The van der Waals surface area contributed by atoms with Gasteiger partial charge in [0.2, 0.25) is 11.8 Å². The smallest absolute Gasteiger partial charge is 0.242 e. The minimum absolute atomic E-state index is 0.0603. The monoisotopic (exact) mass is 386 g/mol. The second-order valence-electron chi connectivity index (χ2n) is 6.14. The van der Waals surface area contributed by atoms with Crippen LogP contribution >= 0.6 is 11.8 Å². The van der Waals surface area contributed by atoms with Crippen LogP contribution in [0, 0.1) is 0 Å². The van der Waals surface area contributed by atoms with E-state index in [2.05, 4.69) is 5.32 Å². The van der Waals surface area contributed by atoms with E-state index in [1.165, 1.54) is 5.56 Å². The zero-order chi connectivity index (χ0) is 19.6. The van der Waals surface area contributed by atoms with Gasteiger partial charge < -0.3 is 15.0 Å². The van der Waals surface area contributed by atoms with Crippen molar-refractivity contribution in [2.75, 3.05) is 19.9 Å². The van der Waals surface area contributed by atoms with E-state index in [1.807, 2.05) is 54.6 Å². The molecular formula is C21H26N2O3S. The van der Waals surface area contributed by atoms with Crippen LogP contribution in [0.5, 0.6) is 5.75 Å². The molecule has 0 aromatic heterocycles. The third-order valence-electron chi connectivity index (χ3n) is 4.24. The highest BCUT2D eigenvalue weighted by molar-refractivity contribution is 7.99. The van der Waals surface area contributed by atoms with Crippen molar-refractivity contribution >= 4 is 23.6 Å². The van der Waals surface area contributed by atoms with Gasteiger partial charge in [0, 0.05) is 19.3 Å². The predicted molar refractivity (Wildman–Crippen MR) is 110 cm³/mol. The van der Waals surface area contributed by atoms with Crippen LogP contribution in [0.3, 0.4) is 0 Å². The number of benzene rings is 2. The summed E-state index contributed by atoms with van der Waals surface area (Å²) in [5.74, 6) is 1.56. The lowest BCUT2D eigenvalue weighted by Gasteiger charge is -2.28. The molecule has 0 aliphatic carbocycles. The van der Waals surface area contributed by atoms with Crippen molar-refractivity contribution in [2.45, 2.75) is 25.3 Å². The Morgan fingerprint density at radius 2 is 1.81 bits per heavy atom.